The lowest BCUT2D eigenvalue weighted by molar-refractivity contribution is 0.459. The van der Waals surface area contributed by atoms with Gasteiger partial charge in [-0.05, 0) is 36.4 Å². The van der Waals surface area contributed by atoms with Gasteiger partial charge in [0.05, 0.1) is 0 Å². The molecule has 0 N–H and O–H groups in total. The fourth-order valence-corrected chi connectivity index (χ4v) is 1.64. The van der Waals surface area contributed by atoms with Crippen LogP contribution in [0.15, 0.2) is 48.5 Å². The summed E-state index contributed by atoms with van der Waals surface area (Å²) in [7, 11) is 0.112. The van der Waals surface area contributed by atoms with Crippen LogP contribution in [0.5, 0.6) is 11.5 Å². The van der Waals surface area contributed by atoms with Gasteiger partial charge in [0.2, 0.25) is 0 Å². The minimum Gasteiger partial charge on any atom is -0.528 e. The van der Waals surface area contributed by atoms with Crippen molar-refractivity contribution in [3.8, 4) is 11.5 Å². The molecule has 2 aromatic carbocycles. The van der Waals surface area contributed by atoms with Crippen molar-refractivity contribution in [1.29, 1.82) is 0 Å². The van der Waals surface area contributed by atoms with E-state index in [1.54, 1.807) is 24.3 Å². The Morgan fingerprint density at radius 2 is 1.24 bits per heavy atom. The van der Waals surface area contributed by atoms with E-state index in [2.05, 4.69) is 0 Å². The van der Waals surface area contributed by atoms with Gasteiger partial charge >= 0.3 is 7.69 Å². The summed E-state index contributed by atoms with van der Waals surface area (Å²) in [6, 6.07) is 14.3. The van der Waals surface area contributed by atoms with Gasteiger partial charge in [-0.3, -0.25) is 0 Å². The van der Waals surface area contributed by atoms with Crippen LogP contribution in [0.25, 0.3) is 0 Å². The van der Waals surface area contributed by atoms with Gasteiger partial charge in [0.25, 0.3) is 0 Å². The Hall–Kier alpha value is -1.32. The summed E-state index contributed by atoms with van der Waals surface area (Å²) in [5.74, 6) is 1.33. The maximum absolute atomic E-state index is 5.82. The zero-order chi connectivity index (χ0) is 12.1. The largest absolute Gasteiger partial charge is 0.576 e. The minimum atomic E-state index is 0.112. The first-order valence-electron chi connectivity index (χ1n) is 5.01. The van der Waals surface area contributed by atoms with Crippen molar-refractivity contribution in [3.05, 3.63) is 58.6 Å². The van der Waals surface area contributed by atoms with Crippen molar-refractivity contribution in [1.82, 2.24) is 0 Å². The van der Waals surface area contributed by atoms with Gasteiger partial charge in [0.15, 0.2) is 0 Å². The molecule has 0 spiro atoms. The molecule has 0 aliphatic heterocycles. The van der Waals surface area contributed by atoms with Crippen LogP contribution < -0.4 is 9.31 Å². The number of benzene rings is 2. The molecule has 0 atom stereocenters. The monoisotopic (exact) mass is 266 g/mol. The van der Waals surface area contributed by atoms with Crippen LogP contribution >= 0.6 is 23.2 Å². The molecule has 0 saturated heterocycles. The zero-order valence-electron chi connectivity index (χ0n) is 8.90. The molecular formula is C12H9BCl2O2. The van der Waals surface area contributed by atoms with Crippen LogP contribution in [0.4, 0.5) is 0 Å². The normalized spacial score (nSPS) is 9.76. The molecule has 2 nitrogen and oxygen atoms in total. The topological polar surface area (TPSA) is 18.5 Å². The first-order chi connectivity index (χ1) is 8.24. The van der Waals surface area contributed by atoms with E-state index in [0.717, 1.165) is 0 Å². The van der Waals surface area contributed by atoms with E-state index in [1.165, 1.54) is 0 Å². The van der Waals surface area contributed by atoms with Crippen molar-refractivity contribution < 1.29 is 9.31 Å². The van der Waals surface area contributed by atoms with Crippen LogP contribution in [-0.4, -0.2) is 7.69 Å². The standard InChI is InChI=1S/C12H9BCl2O2/c14-9-3-1-5-11(7-9)16-13-17-12-6-2-4-10(15)8-12/h1-8,13H. The van der Waals surface area contributed by atoms with E-state index in [1.807, 2.05) is 24.3 Å². The Balaban J connectivity index is 1.87. The highest BCUT2D eigenvalue weighted by Gasteiger charge is 2.00. The molecule has 0 fully saturated rings. The second-order valence-corrected chi connectivity index (χ2v) is 4.19. The average Bonchev–Trinajstić information content (AvgIpc) is 2.29. The van der Waals surface area contributed by atoms with Gasteiger partial charge in [-0.25, -0.2) is 0 Å². The molecule has 0 unspecified atom stereocenters. The summed E-state index contributed by atoms with van der Waals surface area (Å²) < 4.78 is 10.8. The van der Waals surface area contributed by atoms with E-state index in [-0.39, 0.29) is 7.69 Å². The Bertz CT molecular complexity index is 460. The van der Waals surface area contributed by atoms with Gasteiger partial charge in [0, 0.05) is 10.0 Å². The summed E-state index contributed by atoms with van der Waals surface area (Å²) in [4.78, 5) is 0. The van der Waals surface area contributed by atoms with Gasteiger partial charge in [-0.2, -0.15) is 0 Å². The lowest BCUT2D eigenvalue weighted by atomic mass is 10.3. The van der Waals surface area contributed by atoms with Crippen LogP contribution in [0.3, 0.4) is 0 Å². The van der Waals surface area contributed by atoms with Crippen molar-refractivity contribution in [2.24, 2.45) is 0 Å². The predicted octanol–water partition coefficient (Wildman–Crippen LogP) is 3.72. The lowest BCUT2D eigenvalue weighted by Gasteiger charge is -2.07. The lowest BCUT2D eigenvalue weighted by Crippen LogP contribution is -2.10. The Morgan fingerprint density at radius 1 is 0.765 bits per heavy atom. The van der Waals surface area contributed by atoms with Gasteiger partial charge in [-0.15, -0.1) is 0 Å². The Morgan fingerprint density at radius 3 is 1.65 bits per heavy atom. The second-order valence-electron chi connectivity index (χ2n) is 3.32. The molecule has 17 heavy (non-hydrogen) atoms. The molecule has 0 heterocycles. The molecule has 0 aromatic heterocycles. The number of halogens is 2. The third-order valence-electron chi connectivity index (χ3n) is 2.04. The van der Waals surface area contributed by atoms with Gasteiger partial charge in [0.1, 0.15) is 11.5 Å². The maximum atomic E-state index is 5.82. The third-order valence-corrected chi connectivity index (χ3v) is 2.51. The number of hydrogen-bond acceptors (Lipinski definition) is 2. The highest BCUT2D eigenvalue weighted by atomic mass is 35.5. The molecule has 0 bridgehead atoms. The molecule has 0 radical (unpaired) electrons. The van der Waals surface area contributed by atoms with Crippen LogP contribution in [0.2, 0.25) is 10.0 Å². The number of rotatable bonds is 4. The van der Waals surface area contributed by atoms with Gasteiger partial charge in [-0.1, -0.05) is 35.3 Å². The summed E-state index contributed by atoms with van der Waals surface area (Å²) in [5.41, 5.74) is 0. The number of hydrogen-bond donors (Lipinski definition) is 0. The first kappa shape index (κ1) is 12.2. The van der Waals surface area contributed by atoms with E-state index >= 15 is 0 Å². The fraction of sp³-hybridized carbons (Fsp3) is 0. The fourth-order valence-electron chi connectivity index (χ4n) is 1.28. The molecule has 86 valence electrons. The Kier molecular flexibility index (Phi) is 4.18. The Labute approximate surface area is 110 Å². The first-order valence-corrected chi connectivity index (χ1v) is 5.76. The van der Waals surface area contributed by atoms with Crippen molar-refractivity contribution >= 4 is 30.9 Å². The van der Waals surface area contributed by atoms with E-state index in [9.17, 15) is 0 Å². The van der Waals surface area contributed by atoms with Gasteiger partial charge < -0.3 is 9.31 Å². The van der Waals surface area contributed by atoms with Crippen molar-refractivity contribution in [2.75, 3.05) is 0 Å². The van der Waals surface area contributed by atoms with Crippen molar-refractivity contribution in [2.45, 2.75) is 0 Å². The summed E-state index contributed by atoms with van der Waals surface area (Å²) in [5, 5.41) is 1.26. The molecule has 5 heteroatoms. The summed E-state index contributed by atoms with van der Waals surface area (Å²) in [6.07, 6.45) is 0. The van der Waals surface area contributed by atoms with Crippen molar-refractivity contribution in [3.63, 3.8) is 0 Å². The van der Waals surface area contributed by atoms with Crippen LogP contribution in [-0.2, 0) is 0 Å². The summed E-state index contributed by atoms with van der Waals surface area (Å²) >= 11 is 11.6. The zero-order valence-corrected chi connectivity index (χ0v) is 10.4. The van der Waals surface area contributed by atoms with Crippen LogP contribution in [0, 0.1) is 0 Å². The average molecular weight is 267 g/mol. The van der Waals surface area contributed by atoms with E-state index in [0.29, 0.717) is 21.5 Å². The van der Waals surface area contributed by atoms with E-state index in [4.69, 9.17) is 32.5 Å². The SMILES string of the molecule is Clc1cccc(OBOc2cccc(Cl)c2)c1. The highest BCUT2D eigenvalue weighted by Crippen LogP contribution is 2.18. The molecular weight excluding hydrogens is 258 g/mol. The summed E-state index contributed by atoms with van der Waals surface area (Å²) in [6.45, 7) is 0. The second kappa shape index (κ2) is 5.85. The quantitative estimate of drug-likeness (QED) is 0.786. The maximum Gasteiger partial charge on any atom is 0.576 e. The molecule has 2 aromatic rings. The predicted molar refractivity (Wildman–Crippen MR) is 71.3 cm³/mol. The third kappa shape index (κ3) is 3.88. The molecule has 0 aliphatic carbocycles. The highest BCUT2D eigenvalue weighted by molar-refractivity contribution is 6.31. The minimum absolute atomic E-state index is 0.112. The molecule has 0 amide bonds. The van der Waals surface area contributed by atoms with E-state index < -0.39 is 0 Å². The smallest absolute Gasteiger partial charge is 0.528 e. The molecule has 0 saturated carbocycles. The molecule has 2 rings (SSSR count). The molecule has 0 aliphatic rings. The van der Waals surface area contributed by atoms with Crippen LogP contribution in [0.1, 0.15) is 0 Å².